The van der Waals surface area contributed by atoms with Crippen molar-refractivity contribution in [3.63, 3.8) is 0 Å². The molecule has 0 aliphatic carbocycles. The van der Waals surface area contributed by atoms with Gasteiger partial charge < -0.3 is 4.74 Å². The van der Waals surface area contributed by atoms with Crippen molar-refractivity contribution in [2.75, 3.05) is 7.11 Å². The van der Waals surface area contributed by atoms with Crippen molar-refractivity contribution in [1.29, 1.82) is 0 Å². The van der Waals surface area contributed by atoms with E-state index in [0.29, 0.717) is 16.7 Å². The highest BCUT2D eigenvalue weighted by molar-refractivity contribution is 5.88. The molecule has 92 valence electrons. The molecule has 0 unspecified atom stereocenters. The summed E-state index contributed by atoms with van der Waals surface area (Å²) in [5, 5.41) is 0. The summed E-state index contributed by atoms with van der Waals surface area (Å²) in [4.78, 5) is 11.0. The van der Waals surface area contributed by atoms with Gasteiger partial charge in [-0.3, -0.25) is 4.79 Å². The van der Waals surface area contributed by atoms with Crippen molar-refractivity contribution in [3.05, 3.63) is 53.3 Å². The normalized spacial score (nSPS) is 10.2. The summed E-state index contributed by atoms with van der Waals surface area (Å²) in [7, 11) is 1.42. The summed E-state index contributed by atoms with van der Waals surface area (Å²) in [6.07, 6.45) is 0.730. The lowest BCUT2D eigenvalue weighted by Gasteiger charge is -2.10. The molecule has 0 radical (unpaired) electrons. The van der Waals surface area contributed by atoms with Gasteiger partial charge in [0.1, 0.15) is 0 Å². The SMILES string of the molecule is COc1cccc(-c2cc(C)ccc2C=O)c1F. The number of halogens is 1. The first-order chi connectivity index (χ1) is 8.67. The summed E-state index contributed by atoms with van der Waals surface area (Å²) in [6.45, 7) is 1.90. The van der Waals surface area contributed by atoms with Gasteiger partial charge in [0.25, 0.3) is 0 Å². The van der Waals surface area contributed by atoms with E-state index in [2.05, 4.69) is 0 Å². The number of aryl methyl sites for hydroxylation is 1. The third-order valence-corrected chi connectivity index (χ3v) is 2.81. The van der Waals surface area contributed by atoms with Crippen LogP contribution in [0.2, 0.25) is 0 Å². The van der Waals surface area contributed by atoms with Crippen LogP contribution in [0.25, 0.3) is 11.1 Å². The van der Waals surface area contributed by atoms with Crippen molar-refractivity contribution >= 4 is 6.29 Å². The van der Waals surface area contributed by atoms with Crippen molar-refractivity contribution in [3.8, 4) is 16.9 Å². The zero-order chi connectivity index (χ0) is 13.1. The predicted octanol–water partition coefficient (Wildman–Crippen LogP) is 3.62. The first kappa shape index (κ1) is 12.3. The molecule has 2 rings (SSSR count). The number of carbonyl (C=O) groups excluding carboxylic acids is 1. The van der Waals surface area contributed by atoms with Gasteiger partial charge in [0, 0.05) is 11.1 Å². The molecule has 2 nitrogen and oxygen atoms in total. The lowest BCUT2D eigenvalue weighted by molar-refractivity contribution is 0.112. The Morgan fingerprint density at radius 3 is 2.61 bits per heavy atom. The van der Waals surface area contributed by atoms with Crippen LogP contribution in [0.3, 0.4) is 0 Å². The van der Waals surface area contributed by atoms with Crippen molar-refractivity contribution in [2.45, 2.75) is 6.92 Å². The highest BCUT2D eigenvalue weighted by Gasteiger charge is 2.13. The summed E-state index contributed by atoms with van der Waals surface area (Å²) in [5.41, 5.74) is 2.40. The average Bonchev–Trinajstić information content (AvgIpc) is 2.39. The van der Waals surface area contributed by atoms with Gasteiger partial charge in [-0.25, -0.2) is 4.39 Å². The third-order valence-electron chi connectivity index (χ3n) is 2.81. The molecule has 0 N–H and O–H groups in total. The molecule has 0 amide bonds. The van der Waals surface area contributed by atoms with Crippen molar-refractivity contribution in [1.82, 2.24) is 0 Å². The van der Waals surface area contributed by atoms with E-state index >= 15 is 0 Å². The van der Waals surface area contributed by atoms with Gasteiger partial charge in [0.15, 0.2) is 17.9 Å². The van der Waals surface area contributed by atoms with Gasteiger partial charge in [-0.15, -0.1) is 0 Å². The van der Waals surface area contributed by atoms with Crippen LogP contribution in [0.4, 0.5) is 4.39 Å². The molecule has 0 saturated carbocycles. The van der Waals surface area contributed by atoms with Crippen LogP contribution < -0.4 is 4.74 Å². The molecule has 0 bridgehead atoms. The van der Waals surface area contributed by atoms with E-state index in [1.165, 1.54) is 7.11 Å². The Balaban J connectivity index is 2.68. The first-order valence-corrected chi connectivity index (χ1v) is 5.56. The molecule has 0 aliphatic rings. The summed E-state index contributed by atoms with van der Waals surface area (Å²) < 4.78 is 19.1. The van der Waals surface area contributed by atoms with Crippen LogP contribution in [0.5, 0.6) is 5.75 Å². The largest absolute Gasteiger partial charge is 0.494 e. The Bertz CT molecular complexity index is 591. The van der Waals surface area contributed by atoms with E-state index in [9.17, 15) is 9.18 Å². The van der Waals surface area contributed by atoms with Crippen LogP contribution in [0.15, 0.2) is 36.4 Å². The van der Waals surface area contributed by atoms with Gasteiger partial charge in [-0.2, -0.15) is 0 Å². The molecular formula is C15H13FO2. The Hall–Kier alpha value is -2.16. The standard InChI is InChI=1S/C15H13FO2/c1-10-6-7-11(9-17)13(8-10)12-4-3-5-14(18-2)15(12)16/h3-9H,1-2H3. The maximum Gasteiger partial charge on any atom is 0.172 e. The number of rotatable bonds is 3. The average molecular weight is 244 g/mol. The van der Waals surface area contributed by atoms with E-state index in [-0.39, 0.29) is 5.75 Å². The second-order valence-electron chi connectivity index (χ2n) is 4.03. The highest BCUT2D eigenvalue weighted by Crippen LogP contribution is 2.31. The Morgan fingerprint density at radius 1 is 1.17 bits per heavy atom. The van der Waals surface area contributed by atoms with Crippen LogP contribution in [0, 0.1) is 12.7 Å². The van der Waals surface area contributed by atoms with E-state index in [4.69, 9.17) is 4.74 Å². The summed E-state index contributed by atoms with van der Waals surface area (Å²) in [5.74, 6) is -0.278. The lowest BCUT2D eigenvalue weighted by Crippen LogP contribution is -1.94. The van der Waals surface area contributed by atoms with E-state index in [1.807, 2.05) is 13.0 Å². The van der Waals surface area contributed by atoms with Gasteiger partial charge >= 0.3 is 0 Å². The van der Waals surface area contributed by atoms with Gasteiger partial charge in [-0.05, 0) is 18.6 Å². The quantitative estimate of drug-likeness (QED) is 0.771. The van der Waals surface area contributed by atoms with Crippen LogP contribution in [0.1, 0.15) is 15.9 Å². The number of hydrogen-bond acceptors (Lipinski definition) is 2. The fourth-order valence-electron chi connectivity index (χ4n) is 1.88. The minimum Gasteiger partial charge on any atom is -0.494 e. The lowest BCUT2D eigenvalue weighted by atomic mass is 9.97. The molecule has 18 heavy (non-hydrogen) atoms. The molecular weight excluding hydrogens is 231 g/mol. The zero-order valence-corrected chi connectivity index (χ0v) is 10.2. The molecule has 0 saturated heterocycles. The van der Waals surface area contributed by atoms with Crippen molar-refractivity contribution < 1.29 is 13.9 Å². The van der Waals surface area contributed by atoms with Gasteiger partial charge in [0.05, 0.1) is 7.11 Å². The molecule has 2 aromatic carbocycles. The zero-order valence-electron chi connectivity index (χ0n) is 10.2. The highest BCUT2D eigenvalue weighted by atomic mass is 19.1. The molecule has 0 heterocycles. The third kappa shape index (κ3) is 2.12. The fraction of sp³-hybridized carbons (Fsp3) is 0.133. The summed E-state index contributed by atoms with van der Waals surface area (Å²) >= 11 is 0. The molecule has 0 atom stereocenters. The molecule has 3 heteroatoms. The molecule has 2 aromatic rings. The second-order valence-corrected chi connectivity index (χ2v) is 4.03. The maximum atomic E-state index is 14.2. The second kappa shape index (κ2) is 5.00. The number of hydrogen-bond donors (Lipinski definition) is 0. The van der Waals surface area contributed by atoms with Gasteiger partial charge in [-0.1, -0.05) is 35.9 Å². The van der Waals surface area contributed by atoms with Gasteiger partial charge in [0.2, 0.25) is 0 Å². The van der Waals surface area contributed by atoms with E-state index in [1.54, 1.807) is 30.3 Å². The smallest absolute Gasteiger partial charge is 0.172 e. The van der Waals surface area contributed by atoms with Crippen molar-refractivity contribution in [2.24, 2.45) is 0 Å². The van der Waals surface area contributed by atoms with E-state index < -0.39 is 5.82 Å². The Labute approximate surface area is 105 Å². The van der Waals surface area contributed by atoms with Crippen LogP contribution in [-0.2, 0) is 0 Å². The van der Waals surface area contributed by atoms with E-state index in [0.717, 1.165) is 11.8 Å². The van der Waals surface area contributed by atoms with Crippen LogP contribution >= 0.6 is 0 Å². The number of benzene rings is 2. The fourth-order valence-corrected chi connectivity index (χ4v) is 1.88. The molecule has 0 aliphatic heterocycles. The van der Waals surface area contributed by atoms with Crippen LogP contribution in [-0.4, -0.2) is 13.4 Å². The Kier molecular flexibility index (Phi) is 3.42. The topological polar surface area (TPSA) is 26.3 Å². The maximum absolute atomic E-state index is 14.2. The minimum atomic E-state index is -0.450. The minimum absolute atomic E-state index is 0.172. The molecule has 0 aromatic heterocycles. The summed E-state index contributed by atoms with van der Waals surface area (Å²) in [6, 6.07) is 10.2. The predicted molar refractivity (Wildman–Crippen MR) is 68.5 cm³/mol. The monoisotopic (exact) mass is 244 g/mol. The molecule has 0 fully saturated rings. The Morgan fingerprint density at radius 2 is 1.94 bits per heavy atom. The number of methoxy groups -OCH3 is 1. The number of carbonyl (C=O) groups is 1. The molecule has 0 spiro atoms. The first-order valence-electron chi connectivity index (χ1n) is 5.56. The number of aldehydes is 1. The number of ether oxygens (including phenoxy) is 1.